The molecule has 1 aromatic carbocycles. The highest BCUT2D eigenvalue weighted by Gasteiger charge is 2.20. The monoisotopic (exact) mass is 441 g/mol. The van der Waals surface area contributed by atoms with Gasteiger partial charge in [0.1, 0.15) is 5.75 Å². The van der Waals surface area contributed by atoms with Crippen molar-refractivity contribution in [3.05, 3.63) is 42.9 Å². The highest BCUT2D eigenvalue weighted by molar-refractivity contribution is 5.76. The zero-order valence-corrected chi connectivity index (χ0v) is 18.4. The molecule has 3 heterocycles. The summed E-state index contributed by atoms with van der Waals surface area (Å²) in [6.45, 7) is 4.11. The molecule has 0 amide bonds. The number of aliphatic hydroxyl groups is 1. The molecule has 4 rings (SSSR count). The van der Waals surface area contributed by atoms with Crippen LogP contribution in [0.1, 0.15) is 19.3 Å². The van der Waals surface area contributed by atoms with Crippen LogP contribution in [-0.2, 0) is 11.3 Å². The Morgan fingerprint density at radius 2 is 2.03 bits per heavy atom. The van der Waals surface area contributed by atoms with Gasteiger partial charge in [-0.15, -0.1) is 0 Å². The normalized spacial score (nSPS) is 16.2. The second kappa shape index (κ2) is 12.0. The number of imidazole rings is 1. The Bertz CT molecular complexity index is 940. The summed E-state index contributed by atoms with van der Waals surface area (Å²) in [6.07, 6.45) is 7.05. The van der Waals surface area contributed by atoms with Crippen LogP contribution in [0, 0.1) is 5.92 Å². The summed E-state index contributed by atoms with van der Waals surface area (Å²) in [6, 6.07) is 9.97. The highest BCUT2D eigenvalue weighted by Crippen LogP contribution is 2.31. The number of aliphatic hydroxyl groups excluding tert-OH is 1. The van der Waals surface area contributed by atoms with Gasteiger partial charge in [0.15, 0.2) is 0 Å². The molecule has 0 radical (unpaired) electrons. The number of hydrogen-bond acceptors (Lipinski definition) is 6. The van der Waals surface area contributed by atoms with Crippen molar-refractivity contribution in [2.45, 2.75) is 25.8 Å². The predicted octanol–water partition coefficient (Wildman–Crippen LogP) is 2.74. The molecule has 3 N–H and O–H groups in total. The molecule has 2 aromatic heterocycles. The minimum atomic E-state index is -0.250. The lowest BCUT2D eigenvalue weighted by molar-refractivity contribution is -0.122. The molecule has 1 saturated heterocycles. The maximum Gasteiger partial charge on any atom is 0.290 e. The molecule has 0 bridgehead atoms. The third kappa shape index (κ3) is 5.95. The Morgan fingerprint density at radius 3 is 2.69 bits per heavy atom. The van der Waals surface area contributed by atoms with Crippen LogP contribution in [0.25, 0.3) is 22.6 Å². The number of aryl methyl sites for hydroxylation is 1. The topological polar surface area (TPSA) is 116 Å². The van der Waals surface area contributed by atoms with Crippen LogP contribution in [0.15, 0.2) is 42.9 Å². The van der Waals surface area contributed by atoms with Crippen LogP contribution in [0.2, 0.25) is 0 Å². The van der Waals surface area contributed by atoms with E-state index in [1.54, 1.807) is 13.3 Å². The molecule has 0 aliphatic carbocycles. The van der Waals surface area contributed by atoms with Crippen LogP contribution in [-0.4, -0.2) is 74.7 Å². The summed E-state index contributed by atoms with van der Waals surface area (Å²) in [4.78, 5) is 15.6. The maximum absolute atomic E-state index is 9.44. The average molecular weight is 442 g/mol. The van der Waals surface area contributed by atoms with E-state index in [-0.39, 0.29) is 6.47 Å². The average Bonchev–Trinajstić information content (AvgIpc) is 3.50. The molecule has 1 unspecified atom stereocenters. The number of aromatic amines is 1. The molecule has 32 heavy (non-hydrogen) atoms. The van der Waals surface area contributed by atoms with E-state index in [4.69, 9.17) is 19.6 Å². The predicted molar refractivity (Wildman–Crippen MR) is 121 cm³/mol. The SMILES string of the molecule is COc1ccc(-c2ncn(CCCN3CCCC(CO)C3)c2-c2ccn[nH]2)cc1.O=CO. The van der Waals surface area contributed by atoms with Gasteiger partial charge in [-0.05, 0) is 68.6 Å². The number of nitrogens with zero attached hydrogens (tertiary/aromatic N) is 4. The third-order valence-corrected chi connectivity index (χ3v) is 5.69. The Hall–Kier alpha value is -3.17. The molecule has 0 spiro atoms. The quantitative estimate of drug-likeness (QED) is 0.460. The number of methoxy groups -OCH3 is 1. The number of nitrogens with one attached hydrogen (secondary N) is 1. The van der Waals surface area contributed by atoms with E-state index in [2.05, 4.69) is 19.7 Å². The number of likely N-dealkylation sites (tertiary alicyclic amines) is 1. The molecule has 9 nitrogen and oxygen atoms in total. The van der Waals surface area contributed by atoms with Crippen molar-refractivity contribution in [3.8, 4) is 28.4 Å². The molecule has 1 aliphatic rings. The second-order valence-electron chi connectivity index (χ2n) is 7.78. The van der Waals surface area contributed by atoms with E-state index in [1.165, 1.54) is 6.42 Å². The molecule has 1 fully saturated rings. The van der Waals surface area contributed by atoms with Crippen molar-refractivity contribution in [3.63, 3.8) is 0 Å². The fraction of sp³-hybridized carbons (Fsp3) is 0.435. The van der Waals surface area contributed by atoms with E-state index in [0.717, 1.165) is 67.4 Å². The zero-order valence-electron chi connectivity index (χ0n) is 18.4. The maximum atomic E-state index is 9.44. The van der Waals surface area contributed by atoms with Crippen molar-refractivity contribution in [2.24, 2.45) is 5.92 Å². The van der Waals surface area contributed by atoms with E-state index >= 15 is 0 Å². The van der Waals surface area contributed by atoms with Gasteiger partial charge in [0, 0.05) is 31.5 Å². The fourth-order valence-corrected chi connectivity index (χ4v) is 4.15. The van der Waals surface area contributed by atoms with Gasteiger partial charge in [0.05, 0.1) is 30.5 Å². The van der Waals surface area contributed by atoms with Gasteiger partial charge in [-0.25, -0.2) is 4.98 Å². The molecule has 9 heteroatoms. The summed E-state index contributed by atoms with van der Waals surface area (Å²) in [5, 5.41) is 23.6. The minimum Gasteiger partial charge on any atom is -0.497 e. The lowest BCUT2D eigenvalue weighted by Gasteiger charge is -2.31. The first-order valence-corrected chi connectivity index (χ1v) is 10.8. The first kappa shape index (κ1) is 23.5. The van der Waals surface area contributed by atoms with Gasteiger partial charge in [0.2, 0.25) is 0 Å². The number of carboxylic acid groups (broad SMARTS) is 1. The van der Waals surface area contributed by atoms with Crippen LogP contribution in [0.4, 0.5) is 0 Å². The standard InChI is InChI=1S/C22H29N5O2.CH2O2/c1-29-19-7-5-18(6-8-19)21-22(20-9-10-24-25-20)27(16-23-21)13-3-12-26-11-2-4-17(14-26)15-28;2-1-3/h5-10,16-17,28H,2-4,11-15H2,1H3,(H,24,25);1H,(H,2,3). The van der Waals surface area contributed by atoms with Crippen molar-refractivity contribution >= 4 is 6.47 Å². The van der Waals surface area contributed by atoms with E-state index in [9.17, 15) is 5.11 Å². The van der Waals surface area contributed by atoms with Gasteiger partial charge in [0.25, 0.3) is 6.47 Å². The third-order valence-electron chi connectivity index (χ3n) is 5.69. The molecule has 1 atom stereocenters. The Balaban J connectivity index is 0.000000913. The number of carbonyl (C=O) groups is 1. The largest absolute Gasteiger partial charge is 0.497 e. The number of piperidine rings is 1. The van der Waals surface area contributed by atoms with Gasteiger partial charge >= 0.3 is 0 Å². The smallest absolute Gasteiger partial charge is 0.290 e. The number of H-pyrrole nitrogens is 1. The van der Waals surface area contributed by atoms with Gasteiger partial charge in [-0.1, -0.05) is 0 Å². The molecule has 0 saturated carbocycles. The van der Waals surface area contributed by atoms with E-state index < -0.39 is 0 Å². The molecule has 172 valence electrons. The summed E-state index contributed by atoms with van der Waals surface area (Å²) in [7, 11) is 1.67. The lowest BCUT2D eigenvalue weighted by atomic mass is 9.99. The lowest BCUT2D eigenvalue weighted by Crippen LogP contribution is -2.37. The number of ether oxygens (including phenoxy) is 1. The Morgan fingerprint density at radius 1 is 1.25 bits per heavy atom. The van der Waals surface area contributed by atoms with Crippen LogP contribution < -0.4 is 4.74 Å². The summed E-state index contributed by atoms with van der Waals surface area (Å²) >= 11 is 0. The van der Waals surface area contributed by atoms with Crippen molar-refractivity contribution in [1.82, 2.24) is 24.6 Å². The molecule has 1 aliphatic heterocycles. The van der Waals surface area contributed by atoms with Crippen LogP contribution in [0.5, 0.6) is 5.75 Å². The number of benzene rings is 1. The van der Waals surface area contributed by atoms with Gasteiger partial charge < -0.3 is 24.4 Å². The summed E-state index contributed by atoms with van der Waals surface area (Å²) in [5.41, 5.74) is 4.01. The molecule has 3 aromatic rings. The summed E-state index contributed by atoms with van der Waals surface area (Å²) < 4.78 is 7.49. The minimum absolute atomic E-state index is 0.250. The summed E-state index contributed by atoms with van der Waals surface area (Å²) in [5.74, 6) is 1.26. The van der Waals surface area contributed by atoms with E-state index in [0.29, 0.717) is 12.5 Å². The zero-order chi connectivity index (χ0) is 22.8. The number of aromatic nitrogens is 4. The number of rotatable bonds is 8. The Kier molecular flexibility index (Phi) is 8.82. The molecular formula is C23H31N5O4. The van der Waals surface area contributed by atoms with Crippen molar-refractivity contribution in [2.75, 3.05) is 33.4 Å². The highest BCUT2D eigenvalue weighted by atomic mass is 16.5. The van der Waals surface area contributed by atoms with Gasteiger partial charge in [-0.3, -0.25) is 9.89 Å². The van der Waals surface area contributed by atoms with E-state index in [1.807, 2.05) is 36.7 Å². The first-order valence-electron chi connectivity index (χ1n) is 10.8. The fourth-order valence-electron chi connectivity index (χ4n) is 4.15. The van der Waals surface area contributed by atoms with Gasteiger partial charge in [-0.2, -0.15) is 5.10 Å². The first-order chi connectivity index (χ1) is 15.7. The van der Waals surface area contributed by atoms with Crippen LogP contribution in [0.3, 0.4) is 0 Å². The molecular weight excluding hydrogens is 410 g/mol. The second-order valence-corrected chi connectivity index (χ2v) is 7.78. The van der Waals surface area contributed by atoms with Crippen molar-refractivity contribution < 1.29 is 19.7 Å². The Labute approximate surface area is 187 Å². The van der Waals surface area contributed by atoms with Crippen LogP contribution >= 0.6 is 0 Å². The van der Waals surface area contributed by atoms with Crippen molar-refractivity contribution in [1.29, 1.82) is 0 Å². The number of hydrogen-bond donors (Lipinski definition) is 3.